The van der Waals surface area contributed by atoms with Crippen molar-refractivity contribution in [2.75, 3.05) is 13.7 Å². The molecule has 1 N–H and O–H groups in total. The Bertz CT molecular complexity index is 1090. The van der Waals surface area contributed by atoms with Crippen molar-refractivity contribution in [3.63, 3.8) is 0 Å². The first-order chi connectivity index (χ1) is 17.0. The molecule has 35 heavy (non-hydrogen) atoms. The topological polar surface area (TPSA) is 58.6 Å². The first-order valence-electron chi connectivity index (χ1n) is 12.0. The van der Waals surface area contributed by atoms with E-state index in [1.165, 1.54) is 0 Å². The molecule has 5 nitrogen and oxygen atoms in total. The highest BCUT2D eigenvalue weighted by Gasteiger charge is 2.30. The maximum atomic E-state index is 13.7. The molecule has 0 radical (unpaired) electrons. The summed E-state index contributed by atoms with van der Waals surface area (Å²) in [7, 11) is 1.61. The van der Waals surface area contributed by atoms with Crippen LogP contribution in [-0.2, 0) is 29.0 Å². The van der Waals surface area contributed by atoms with Crippen LogP contribution in [0, 0.1) is 0 Å². The standard InChI is InChI=1S/C29H33ClN2O3/c1-3-4-17-31-29(34)27(19-22-9-6-5-7-10-22)32(21-24-11-8-12-25(30)18-24)28(33)20-23-13-15-26(35-2)16-14-23/h5-16,18,27H,3-4,17,19-21H2,1-2H3,(H,31,34)/t27-/m0/s1. The summed E-state index contributed by atoms with van der Waals surface area (Å²) in [4.78, 5) is 28.8. The summed E-state index contributed by atoms with van der Waals surface area (Å²) in [6, 6.07) is 24.0. The van der Waals surface area contributed by atoms with Gasteiger partial charge in [-0.25, -0.2) is 0 Å². The van der Waals surface area contributed by atoms with Crippen molar-refractivity contribution in [3.8, 4) is 5.75 Å². The second kappa shape index (κ2) is 13.5. The van der Waals surface area contributed by atoms with Gasteiger partial charge >= 0.3 is 0 Å². The summed E-state index contributed by atoms with van der Waals surface area (Å²) >= 11 is 6.23. The van der Waals surface area contributed by atoms with Crippen LogP contribution in [0.3, 0.4) is 0 Å². The SMILES string of the molecule is CCCCNC(=O)[C@H](Cc1ccccc1)N(Cc1cccc(Cl)c1)C(=O)Cc1ccc(OC)cc1. The van der Waals surface area contributed by atoms with Crippen LogP contribution >= 0.6 is 11.6 Å². The van der Waals surface area contributed by atoms with Gasteiger partial charge in [0.1, 0.15) is 11.8 Å². The Kier molecular flexibility index (Phi) is 10.2. The Morgan fingerprint density at radius 3 is 2.31 bits per heavy atom. The number of amides is 2. The number of rotatable bonds is 12. The zero-order chi connectivity index (χ0) is 25.0. The van der Waals surface area contributed by atoms with Gasteiger partial charge in [0.05, 0.1) is 13.5 Å². The van der Waals surface area contributed by atoms with Crippen molar-refractivity contribution >= 4 is 23.4 Å². The third-order valence-electron chi connectivity index (χ3n) is 5.86. The molecule has 2 amide bonds. The van der Waals surface area contributed by atoms with E-state index < -0.39 is 6.04 Å². The minimum atomic E-state index is -0.654. The van der Waals surface area contributed by atoms with E-state index in [1.807, 2.05) is 72.8 Å². The maximum Gasteiger partial charge on any atom is 0.243 e. The van der Waals surface area contributed by atoms with E-state index in [2.05, 4.69) is 12.2 Å². The zero-order valence-corrected chi connectivity index (χ0v) is 21.1. The van der Waals surface area contributed by atoms with Crippen molar-refractivity contribution < 1.29 is 14.3 Å². The quantitative estimate of drug-likeness (QED) is 0.342. The molecule has 3 aromatic rings. The van der Waals surface area contributed by atoms with Crippen molar-refractivity contribution in [3.05, 3.63) is 101 Å². The molecule has 184 valence electrons. The van der Waals surface area contributed by atoms with Gasteiger partial charge in [-0.1, -0.05) is 79.5 Å². The van der Waals surface area contributed by atoms with Gasteiger partial charge in [0.25, 0.3) is 0 Å². The molecule has 3 rings (SSSR count). The fraction of sp³-hybridized carbons (Fsp3) is 0.310. The van der Waals surface area contributed by atoms with Crippen molar-refractivity contribution in [2.45, 2.75) is 45.2 Å². The van der Waals surface area contributed by atoms with Crippen LogP contribution < -0.4 is 10.1 Å². The van der Waals surface area contributed by atoms with E-state index in [0.29, 0.717) is 18.0 Å². The molecule has 0 saturated heterocycles. The third-order valence-corrected chi connectivity index (χ3v) is 6.09. The fourth-order valence-electron chi connectivity index (χ4n) is 3.91. The molecule has 0 bridgehead atoms. The number of unbranched alkanes of at least 4 members (excludes halogenated alkanes) is 1. The summed E-state index contributed by atoms with van der Waals surface area (Å²) < 4.78 is 5.23. The smallest absolute Gasteiger partial charge is 0.243 e. The lowest BCUT2D eigenvalue weighted by molar-refractivity contribution is -0.140. The molecule has 0 aliphatic carbocycles. The molecular weight excluding hydrogens is 460 g/mol. The largest absolute Gasteiger partial charge is 0.497 e. The number of benzene rings is 3. The highest BCUT2D eigenvalue weighted by atomic mass is 35.5. The summed E-state index contributed by atoms with van der Waals surface area (Å²) in [5.74, 6) is 0.461. The van der Waals surface area contributed by atoms with Gasteiger partial charge in [-0.2, -0.15) is 0 Å². The van der Waals surface area contributed by atoms with Crippen LogP contribution in [0.4, 0.5) is 0 Å². The first kappa shape index (κ1) is 26.3. The first-order valence-corrected chi connectivity index (χ1v) is 12.4. The molecule has 0 saturated carbocycles. The number of hydrogen-bond donors (Lipinski definition) is 1. The lowest BCUT2D eigenvalue weighted by atomic mass is 10.0. The van der Waals surface area contributed by atoms with Gasteiger partial charge in [0.15, 0.2) is 0 Å². The van der Waals surface area contributed by atoms with Crippen LogP contribution in [0.25, 0.3) is 0 Å². The van der Waals surface area contributed by atoms with Crippen molar-refractivity contribution in [1.29, 1.82) is 0 Å². The van der Waals surface area contributed by atoms with Crippen LogP contribution in [0.1, 0.15) is 36.5 Å². The third kappa shape index (κ3) is 8.15. The molecule has 0 unspecified atom stereocenters. The van der Waals surface area contributed by atoms with Crippen LogP contribution in [0.2, 0.25) is 5.02 Å². The number of nitrogens with one attached hydrogen (secondary N) is 1. The molecule has 0 fully saturated rings. The van der Waals surface area contributed by atoms with E-state index in [0.717, 1.165) is 35.3 Å². The second-order valence-electron chi connectivity index (χ2n) is 8.53. The summed E-state index contributed by atoms with van der Waals surface area (Å²) in [5, 5.41) is 3.63. The number of carbonyl (C=O) groups is 2. The number of hydrogen-bond acceptors (Lipinski definition) is 3. The Labute approximate surface area is 213 Å². The average molecular weight is 493 g/mol. The Balaban J connectivity index is 1.92. The van der Waals surface area contributed by atoms with Crippen LogP contribution in [0.5, 0.6) is 5.75 Å². The molecule has 3 aromatic carbocycles. The van der Waals surface area contributed by atoms with Gasteiger partial charge in [0.2, 0.25) is 11.8 Å². The van der Waals surface area contributed by atoms with Gasteiger partial charge in [-0.15, -0.1) is 0 Å². The lowest BCUT2D eigenvalue weighted by Gasteiger charge is -2.32. The Morgan fingerprint density at radius 2 is 1.66 bits per heavy atom. The fourth-order valence-corrected chi connectivity index (χ4v) is 4.12. The molecule has 0 spiro atoms. The number of carbonyl (C=O) groups excluding carboxylic acids is 2. The van der Waals surface area contributed by atoms with Gasteiger partial charge in [0, 0.05) is 24.5 Å². The molecule has 0 heterocycles. The molecule has 1 atom stereocenters. The minimum Gasteiger partial charge on any atom is -0.497 e. The average Bonchev–Trinajstić information content (AvgIpc) is 2.87. The lowest BCUT2D eigenvalue weighted by Crippen LogP contribution is -2.51. The van der Waals surface area contributed by atoms with E-state index in [-0.39, 0.29) is 24.8 Å². The van der Waals surface area contributed by atoms with E-state index in [4.69, 9.17) is 16.3 Å². The summed E-state index contributed by atoms with van der Waals surface area (Å²) in [5.41, 5.74) is 2.73. The molecular formula is C29H33ClN2O3. The summed E-state index contributed by atoms with van der Waals surface area (Å²) in [6.07, 6.45) is 2.47. The van der Waals surface area contributed by atoms with Gasteiger partial charge < -0.3 is 15.0 Å². The van der Waals surface area contributed by atoms with Crippen LogP contribution in [0.15, 0.2) is 78.9 Å². The van der Waals surface area contributed by atoms with Gasteiger partial charge in [-0.05, 0) is 47.4 Å². The number of halogens is 1. The highest BCUT2D eigenvalue weighted by molar-refractivity contribution is 6.30. The highest BCUT2D eigenvalue weighted by Crippen LogP contribution is 2.19. The van der Waals surface area contributed by atoms with E-state index >= 15 is 0 Å². The maximum absolute atomic E-state index is 13.7. The summed E-state index contributed by atoms with van der Waals surface area (Å²) in [6.45, 7) is 2.95. The molecule has 0 aromatic heterocycles. The minimum absolute atomic E-state index is 0.123. The second-order valence-corrected chi connectivity index (χ2v) is 8.96. The van der Waals surface area contributed by atoms with Crippen LogP contribution in [-0.4, -0.2) is 36.4 Å². The molecule has 0 aliphatic heterocycles. The normalized spacial score (nSPS) is 11.5. The van der Waals surface area contributed by atoms with Crippen molar-refractivity contribution in [2.24, 2.45) is 0 Å². The molecule has 0 aliphatic rings. The van der Waals surface area contributed by atoms with E-state index in [1.54, 1.807) is 18.1 Å². The number of nitrogens with zero attached hydrogens (tertiary/aromatic N) is 1. The zero-order valence-electron chi connectivity index (χ0n) is 20.4. The number of ether oxygens (including phenoxy) is 1. The van der Waals surface area contributed by atoms with Crippen molar-refractivity contribution in [1.82, 2.24) is 10.2 Å². The Hall–Kier alpha value is -3.31. The van der Waals surface area contributed by atoms with Gasteiger partial charge in [-0.3, -0.25) is 9.59 Å². The monoisotopic (exact) mass is 492 g/mol. The van der Waals surface area contributed by atoms with E-state index in [9.17, 15) is 9.59 Å². The predicted molar refractivity (Wildman–Crippen MR) is 141 cm³/mol. The predicted octanol–water partition coefficient (Wildman–Crippen LogP) is 5.45. The molecule has 6 heteroatoms. The number of methoxy groups -OCH3 is 1. The Morgan fingerprint density at radius 1 is 0.943 bits per heavy atom.